The van der Waals surface area contributed by atoms with Crippen LogP contribution in [0, 0.1) is 0 Å². The number of hydrogen-bond acceptors (Lipinski definition) is 4. The van der Waals surface area contributed by atoms with Crippen LogP contribution >= 0.6 is 23.1 Å². The summed E-state index contributed by atoms with van der Waals surface area (Å²) in [5.41, 5.74) is 2.30. The first kappa shape index (κ1) is 20.8. The van der Waals surface area contributed by atoms with Crippen molar-refractivity contribution in [2.24, 2.45) is 0 Å². The Hall–Kier alpha value is -3.09. The Morgan fingerprint density at radius 2 is 1.91 bits per heavy atom. The quantitative estimate of drug-likeness (QED) is 0.345. The zero-order valence-corrected chi connectivity index (χ0v) is 19.7. The molecule has 0 atom stereocenters. The Kier molecular flexibility index (Phi) is 5.49. The zero-order chi connectivity index (χ0) is 22.2. The third-order valence-electron chi connectivity index (χ3n) is 5.71. The zero-order valence-electron chi connectivity index (χ0n) is 18.1. The number of rotatable bonds is 4. The fraction of sp³-hybridized carbons (Fsp3) is 0.154. The summed E-state index contributed by atoms with van der Waals surface area (Å²) < 4.78 is 5.74. The van der Waals surface area contributed by atoms with E-state index in [-0.39, 0.29) is 5.56 Å². The summed E-state index contributed by atoms with van der Waals surface area (Å²) in [7, 11) is 2.06. The summed E-state index contributed by atoms with van der Waals surface area (Å²) in [4.78, 5) is 16.8. The Morgan fingerprint density at radius 1 is 1.09 bits per heavy atom. The first-order valence-electron chi connectivity index (χ1n) is 10.6. The molecule has 0 radical (unpaired) electrons. The van der Waals surface area contributed by atoms with Crippen LogP contribution in [0.5, 0.6) is 0 Å². The van der Waals surface area contributed by atoms with Crippen LogP contribution in [-0.2, 0) is 13.1 Å². The van der Waals surface area contributed by atoms with E-state index < -0.39 is 0 Å². The molecule has 2 aromatic heterocycles. The van der Waals surface area contributed by atoms with Gasteiger partial charge in [0.05, 0.1) is 5.69 Å². The van der Waals surface area contributed by atoms with E-state index in [1.54, 1.807) is 23.1 Å². The number of nitrogens with zero attached hydrogens (tertiary/aromatic N) is 3. The molecule has 32 heavy (non-hydrogen) atoms. The summed E-state index contributed by atoms with van der Waals surface area (Å²) in [5, 5.41) is 3.42. The summed E-state index contributed by atoms with van der Waals surface area (Å²) in [5.74, 6) is 0. The molecule has 6 heteroatoms. The number of allylic oxidation sites excluding steroid dienone is 1. The number of thiazole rings is 1. The van der Waals surface area contributed by atoms with Gasteiger partial charge in [-0.05, 0) is 30.5 Å². The predicted octanol–water partition coefficient (Wildman–Crippen LogP) is 3.69. The molecule has 3 heterocycles. The largest absolute Gasteiger partial charge is 0.336 e. The molecule has 1 aliphatic rings. The third-order valence-corrected chi connectivity index (χ3v) is 8.18. The summed E-state index contributed by atoms with van der Waals surface area (Å²) in [6, 6.07) is 18.8. The lowest BCUT2D eigenvalue weighted by atomic mass is 10.1. The smallest absolute Gasteiger partial charge is 0.271 e. The summed E-state index contributed by atoms with van der Waals surface area (Å²) >= 11 is 3.25. The van der Waals surface area contributed by atoms with E-state index in [1.165, 1.54) is 21.4 Å². The van der Waals surface area contributed by atoms with Crippen molar-refractivity contribution < 1.29 is 4.57 Å². The molecule has 0 saturated heterocycles. The summed E-state index contributed by atoms with van der Waals surface area (Å²) in [6.45, 7) is 7.24. The monoisotopic (exact) mass is 458 g/mol. The number of aromatic nitrogens is 2. The molecule has 0 amide bonds. The van der Waals surface area contributed by atoms with E-state index in [9.17, 15) is 4.79 Å². The van der Waals surface area contributed by atoms with E-state index in [2.05, 4.69) is 71.6 Å². The Labute approximate surface area is 195 Å². The molecular formula is C26H24N3OS2+. The van der Waals surface area contributed by atoms with Crippen molar-refractivity contribution >= 4 is 50.7 Å². The minimum Gasteiger partial charge on any atom is -0.336 e. The van der Waals surface area contributed by atoms with Crippen molar-refractivity contribution in [2.75, 3.05) is 11.9 Å². The van der Waals surface area contributed by atoms with Gasteiger partial charge < -0.3 is 4.90 Å². The average molecular weight is 459 g/mol. The van der Waals surface area contributed by atoms with Gasteiger partial charge in [-0.2, -0.15) is 4.57 Å². The van der Waals surface area contributed by atoms with Gasteiger partial charge in [0.2, 0.25) is 5.69 Å². The van der Waals surface area contributed by atoms with Crippen LogP contribution in [0.3, 0.4) is 0 Å². The Morgan fingerprint density at radius 3 is 2.72 bits per heavy atom. The third kappa shape index (κ3) is 3.40. The van der Waals surface area contributed by atoms with Crippen LogP contribution in [0.1, 0.15) is 12.6 Å². The average Bonchev–Trinajstić information content (AvgIpc) is 3.31. The number of anilines is 1. The number of pyridine rings is 1. The van der Waals surface area contributed by atoms with Crippen LogP contribution in [0.25, 0.3) is 21.9 Å². The van der Waals surface area contributed by atoms with Crippen LogP contribution in [0.15, 0.2) is 83.1 Å². The van der Waals surface area contributed by atoms with E-state index >= 15 is 0 Å². The standard InChI is InChI=1S/C26H24N3OS2/c1-4-15-28-16-9-8-11-19(28)17-22-29(5-2)25(30)24(32-22)26-27(3)23-20-12-7-6-10-18(20)13-14-21(23)31-26/h4,6-14,16-17H,1,5,15H2,2-3H3/q+1. The highest BCUT2D eigenvalue weighted by atomic mass is 32.2. The lowest BCUT2D eigenvalue weighted by Crippen LogP contribution is -2.37. The van der Waals surface area contributed by atoms with Gasteiger partial charge in [0.25, 0.3) is 5.56 Å². The Bertz CT molecular complexity index is 1530. The van der Waals surface area contributed by atoms with Gasteiger partial charge in [0.15, 0.2) is 12.7 Å². The number of benzene rings is 2. The van der Waals surface area contributed by atoms with E-state index in [0.717, 1.165) is 26.5 Å². The molecule has 0 bridgehead atoms. The van der Waals surface area contributed by atoms with Crippen LogP contribution in [-0.4, -0.2) is 11.6 Å². The molecule has 0 N–H and O–H groups in total. The van der Waals surface area contributed by atoms with Gasteiger partial charge >= 0.3 is 0 Å². The Balaban J connectivity index is 1.72. The molecule has 0 unspecified atom stereocenters. The number of thioether (sulfide) groups is 1. The molecule has 5 rings (SSSR count). The molecule has 1 aliphatic heterocycles. The number of fused-ring (bicyclic) bond motifs is 3. The molecule has 160 valence electrons. The van der Waals surface area contributed by atoms with Crippen LogP contribution < -0.4 is 24.2 Å². The second-order valence-electron chi connectivity index (χ2n) is 7.63. The lowest BCUT2D eigenvalue weighted by Gasteiger charge is -2.15. The van der Waals surface area contributed by atoms with Gasteiger partial charge in [-0.1, -0.05) is 48.7 Å². The molecule has 2 aromatic carbocycles. The predicted molar refractivity (Wildman–Crippen MR) is 136 cm³/mol. The SMILES string of the molecule is C=CC[n+]1ccccc1C=c1sc(=C2Sc3ccc4ccccc4c3N2C)c(=O)n1CC. The van der Waals surface area contributed by atoms with Crippen molar-refractivity contribution in [3.05, 3.63) is 98.7 Å². The van der Waals surface area contributed by atoms with Gasteiger partial charge in [0.1, 0.15) is 14.2 Å². The van der Waals surface area contributed by atoms with E-state index in [0.29, 0.717) is 6.54 Å². The molecule has 0 saturated carbocycles. The first-order valence-corrected chi connectivity index (χ1v) is 12.2. The van der Waals surface area contributed by atoms with Gasteiger partial charge in [-0.3, -0.25) is 9.36 Å². The van der Waals surface area contributed by atoms with Gasteiger partial charge in [-0.25, -0.2) is 0 Å². The molecule has 0 aliphatic carbocycles. The minimum atomic E-state index is 0.0708. The fourth-order valence-corrected chi connectivity index (χ4v) is 6.64. The highest BCUT2D eigenvalue weighted by Gasteiger charge is 2.26. The van der Waals surface area contributed by atoms with Crippen molar-refractivity contribution in [1.29, 1.82) is 0 Å². The number of hydrogen-bond donors (Lipinski definition) is 0. The van der Waals surface area contributed by atoms with Gasteiger partial charge in [-0.15, -0.1) is 11.3 Å². The second kappa shape index (κ2) is 8.45. The maximum absolute atomic E-state index is 13.4. The molecule has 0 fully saturated rings. The van der Waals surface area contributed by atoms with E-state index in [1.807, 2.05) is 35.9 Å². The first-order chi connectivity index (χ1) is 15.6. The van der Waals surface area contributed by atoms with E-state index in [4.69, 9.17) is 0 Å². The highest BCUT2D eigenvalue weighted by Crippen LogP contribution is 2.48. The lowest BCUT2D eigenvalue weighted by molar-refractivity contribution is -0.688. The molecule has 0 spiro atoms. The molecule has 4 aromatic rings. The van der Waals surface area contributed by atoms with Crippen LogP contribution in [0.2, 0.25) is 0 Å². The highest BCUT2D eigenvalue weighted by molar-refractivity contribution is 8.08. The van der Waals surface area contributed by atoms with Crippen molar-refractivity contribution in [3.8, 4) is 0 Å². The van der Waals surface area contributed by atoms with Crippen molar-refractivity contribution in [3.63, 3.8) is 0 Å². The fourth-order valence-electron chi connectivity index (χ4n) is 4.16. The maximum Gasteiger partial charge on any atom is 0.271 e. The summed E-state index contributed by atoms with van der Waals surface area (Å²) in [6.07, 6.45) is 6.02. The van der Waals surface area contributed by atoms with Crippen LogP contribution in [0.4, 0.5) is 5.69 Å². The van der Waals surface area contributed by atoms with Gasteiger partial charge in [0, 0.05) is 42.1 Å². The maximum atomic E-state index is 13.4. The normalized spacial score (nSPS) is 15.4. The molecule has 4 nitrogen and oxygen atoms in total. The molecular weight excluding hydrogens is 434 g/mol. The topological polar surface area (TPSA) is 29.1 Å². The van der Waals surface area contributed by atoms with Crippen molar-refractivity contribution in [2.45, 2.75) is 24.9 Å². The second-order valence-corrected chi connectivity index (χ2v) is 9.69. The minimum absolute atomic E-state index is 0.0708. The van der Waals surface area contributed by atoms with Crippen molar-refractivity contribution in [1.82, 2.24) is 4.57 Å².